The molecule has 1 unspecified atom stereocenters. The van der Waals surface area contributed by atoms with Crippen LogP contribution in [0.4, 0.5) is 5.69 Å². The van der Waals surface area contributed by atoms with Crippen molar-refractivity contribution in [2.75, 3.05) is 11.1 Å². The summed E-state index contributed by atoms with van der Waals surface area (Å²) in [5.74, 6) is -0.227. The van der Waals surface area contributed by atoms with E-state index >= 15 is 0 Å². The summed E-state index contributed by atoms with van der Waals surface area (Å²) in [7, 11) is 0. The topological polar surface area (TPSA) is 109 Å². The lowest BCUT2D eigenvalue weighted by molar-refractivity contribution is -0.113. The molecule has 0 saturated heterocycles. The van der Waals surface area contributed by atoms with Crippen LogP contribution in [0.1, 0.15) is 60.8 Å². The van der Waals surface area contributed by atoms with Crippen molar-refractivity contribution in [1.82, 2.24) is 4.98 Å². The quantitative estimate of drug-likeness (QED) is 0.628. The zero-order chi connectivity index (χ0) is 22.6. The molecule has 0 radical (unpaired) electrons. The molecule has 162 valence electrons. The van der Waals surface area contributed by atoms with Gasteiger partial charge in [0.15, 0.2) is 0 Å². The molecule has 6 nitrogen and oxygen atoms in total. The minimum atomic E-state index is -0.601. The third-order valence-corrected chi connectivity index (χ3v) is 7.29. The summed E-state index contributed by atoms with van der Waals surface area (Å²) in [4.78, 5) is 28.7. The van der Waals surface area contributed by atoms with Crippen molar-refractivity contribution >= 4 is 29.3 Å². The van der Waals surface area contributed by atoms with Crippen LogP contribution in [0, 0.1) is 22.7 Å². The van der Waals surface area contributed by atoms with E-state index < -0.39 is 5.91 Å². The van der Waals surface area contributed by atoms with Crippen molar-refractivity contribution in [3.63, 3.8) is 0 Å². The SMILES string of the molecule is CCC(C)(C)C1CCc2nc(SCC(=O)Nc3ccccc3C(N)=O)c(C#N)cc2C1. The number of benzene rings is 1. The lowest BCUT2D eigenvalue weighted by atomic mass is 9.69. The van der Waals surface area contributed by atoms with Crippen molar-refractivity contribution in [1.29, 1.82) is 5.26 Å². The molecule has 0 aliphatic heterocycles. The number of pyridine rings is 1. The number of nitrogens with two attached hydrogens (primary N) is 1. The van der Waals surface area contributed by atoms with Gasteiger partial charge < -0.3 is 11.1 Å². The Morgan fingerprint density at radius 3 is 2.77 bits per heavy atom. The van der Waals surface area contributed by atoms with Gasteiger partial charge in [-0.15, -0.1) is 0 Å². The highest BCUT2D eigenvalue weighted by Crippen LogP contribution is 2.40. The second-order valence-corrected chi connectivity index (χ2v) is 9.55. The molecule has 0 saturated carbocycles. The van der Waals surface area contributed by atoms with Crippen molar-refractivity contribution in [3.05, 3.63) is 52.7 Å². The number of fused-ring (bicyclic) bond motifs is 1. The smallest absolute Gasteiger partial charge is 0.250 e. The first-order valence-corrected chi connectivity index (χ1v) is 11.5. The maximum atomic E-state index is 12.4. The number of rotatable bonds is 7. The van der Waals surface area contributed by atoms with E-state index in [0.29, 0.717) is 22.2 Å². The summed E-state index contributed by atoms with van der Waals surface area (Å²) in [6.45, 7) is 6.84. The predicted molar refractivity (Wildman–Crippen MR) is 123 cm³/mol. The van der Waals surface area contributed by atoms with Crippen LogP contribution in [0.3, 0.4) is 0 Å². The van der Waals surface area contributed by atoms with Crippen LogP contribution < -0.4 is 11.1 Å². The number of thioether (sulfide) groups is 1. The molecule has 1 aliphatic carbocycles. The number of hydrogen-bond acceptors (Lipinski definition) is 5. The number of aryl methyl sites for hydroxylation is 1. The molecule has 1 aromatic carbocycles. The molecule has 2 aromatic rings. The third-order valence-electron chi connectivity index (χ3n) is 6.30. The number of nitriles is 1. The van der Waals surface area contributed by atoms with Crippen LogP contribution in [0.5, 0.6) is 0 Å². The summed E-state index contributed by atoms with van der Waals surface area (Å²) in [5.41, 5.74) is 8.95. The monoisotopic (exact) mass is 436 g/mol. The first-order chi connectivity index (χ1) is 14.7. The lowest BCUT2D eigenvalue weighted by Crippen LogP contribution is -2.29. The van der Waals surface area contributed by atoms with Gasteiger partial charge in [-0.2, -0.15) is 5.26 Å². The largest absolute Gasteiger partial charge is 0.366 e. The van der Waals surface area contributed by atoms with Gasteiger partial charge in [-0.3, -0.25) is 9.59 Å². The Labute approximate surface area is 187 Å². The third kappa shape index (κ3) is 5.26. The number of amides is 2. The number of nitrogens with zero attached hydrogens (tertiary/aromatic N) is 2. The van der Waals surface area contributed by atoms with Gasteiger partial charge in [-0.25, -0.2) is 4.98 Å². The maximum Gasteiger partial charge on any atom is 0.250 e. The highest BCUT2D eigenvalue weighted by molar-refractivity contribution is 8.00. The zero-order valence-corrected chi connectivity index (χ0v) is 19.0. The Bertz CT molecular complexity index is 1040. The van der Waals surface area contributed by atoms with Gasteiger partial charge >= 0.3 is 0 Å². The molecule has 1 atom stereocenters. The Hall–Kier alpha value is -2.85. The Kier molecular flexibility index (Phi) is 7.01. The highest BCUT2D eigenvalue weighted by Gasteiger charge is 2.32. The molecule has 0 bridgehead atoms. The van der Waals surface area contributed by atoms with Gasteiger partial charge in [0.05, 0.1) is 22.6 Å². The number of hydrogen-bond donors (Lipinski definition) is 2. The first kappa shape index (κ1) is 22.8. The number of para-hydroxylation sites is 1. The molecule has 1 aromatic heterocycles. The van der Waals surface area contributed by atoms with Crippen LogP contribution in [0.15, 0.2) is 35.4 Å². The molecule has 1 heterocycles. The maximum absolute atomic E-state index is 12.4. The van der Waals surface area contributed by atoms with Crippen LogP contribution in [-0.2, 0) is 17.6 Å². The second-order valence-electron chi connectivity index (χ2n) is 8.59. The number of nitrogens with one attached hydrogen (secondary N) is 1. The molecular weight excluding hydrogens is 408 g/mol. The van der Waals surface area contributed by atoms with Crippen molar-refractivity contribution in [2.24, 2.45) is 17.1 Å². The van der Waals surface area contributed by atoms with Gasteiger partial charge in [-0.05, 0) is 54.4 Å². The van der Waals surface area contributed by atoms with E-state index in [1.807, 2.05) is 6.07 Å². The minimum Gasteiger partial charge on any atom is -0.366 e. The zero-order valence-electron chi connectivity index (χ0n) is 18.2. The fraction of sp³-hybridized carbons (Fsp3) is 0.417. The van der Waals surface area contributed by atoms with Crippen LogP contribution >= 0.6 is 11.8 Å². The molecule has 0 fully saturated rings. The second kappa shape index (κ2) is 9.52. The van der Waals surface area contributed by atoms with Crippen LogP contribution in [-0.4, -0.2) is 22.6 Å². The highest BCUT2D eigenvalue weighted by atomic mass is 32.2. The minimum absolute atomic E-state index is 0.0824. The average molecular weight is 437 g/mol. The Balaban J connectivity index is 1.71. The normalized spacial score (nSPS) is 15.6. The molecule has 3 N–H and O–H groups in total. The van der Waals surface area contributed by atoms with Gasteiger partial charge in [0.25, 0.3) is 5.91 Å². The lowest BCUT2D eigenvalue weighted by Gasteiger charge is -2.37. The first-order valence-electron chi connectivity index (χ1n) is 10.5. The van der Waals surface area contributed by atoms with Crippen molar-refractivity contribution in [3.8, 4) is 6.07 Å². The number of primary amides is 1. The molecule has 0 spiro atoms. The van der Waals surface area contributed by atoms with E-state index in [1.165, 1.54) is 11.8 Å². The van der Waals surface area contributed by atoms with E-state index in [9.17, 15) is 14.9 Å². The van der Waals surface area contributed by atoms with Crippen molar-refractivity contribution < 1.29 is 9.59 Å². The molecular formula is C24H28N4O2S. The van der Waals surface area contributed by atoms with Gasteiger partial charge in [0, 0.05) is 5.69 Å². The number of anilines is 1. The number of carbonyl (C=O) groups is 2. The van der Waals surface area contributed by atoms with Gasteiger partial charge in [0.2, 0.25) is 5.91 Å². The summed E-state index contributed by atoms with van der Waals surface area (Å²) in [6, 6.07) is 10.8. The van der Waals surface area contributed by atoms with E-state index in [2.05, 4.69) is 32.2 Å². The van der Waals surface area contributed by atoms with E-state index in [-0.39, 0.29) is 22.6 Å². The predicted octanol–water partition coefficient (Wildman–Crippen LogP) is 4.32. The fourth-order valence-corrected chi connectivity index (χ4v) is 4.69. The molecule has 3 rings (SSSR count). The summed E-state index contributed by atoms with van der Waals surface area (Å²) >= 11 is 1.24. The van der Waals surface area contributed by atoms with E-state index in [0.717, 1.165) is 36.9 Å². The van der Waals surface area contributed by atoms with Gasteiger partial charge in [-0.1, -0.05) is 51.1 Å². The summed E-state index contributed by atoms with van der Waals surface area (Å²) in [5, 5.41) is 12.9. The average Bonchev–Trinajstić information content (AvgIpc) is 2.76. The molecule has 1 aliphatic rings. The van der Waals surface area contributed by atoms with Crippen molar-refractivity contribution in [2.45, 2.75) is 51.5 Å². The molecule has 7 heteroatoms. The van der Waals surface area contributed by atoms with Crippen LogP contribution in [0.25, 0.3) is 0 Å². The van der Waals surface area contributed by atoms with E-state index in [4.69, 9.17) is 10.7 Å². The van der Waals surface area contributed by atoms with E-state index in [1.54, 1.807) is 24.3 Å². The molecule has 31 heavy (non-hydrogen) atoms. The number of carbonyl (C=O) groups excluding carboxylic acids is 2. The summed E-state index contributed by atoms with van der Waals surface area (Å²) < 4.78 is 0. The Morgan fingerprint density at radius 2 is 2.10 bits per heavy atom. The summed E-state index contributed by atoms with van der Waals surface area (Å²) in [6.07, 6.45) is 4.03. The molecule has 2 amide bonds. The van der Waals surface area contributed by atoms with Gasteiger partial charge in [0.1, 0.15) is 11.1 Å². The fourth-order valence-electron chi connectivity index (χ4n) is 3.92. The van der Waals surface area contributed by atoms with Crippen LogP contribution in [0.2, 0.25) is 0 Å². The standard InChI is InChI=1S/C24H28N4O2S/c1-4-24(2,3)17-9-10-19-15(12-17)11-16(13-25)23(28-19)31-14-21(29)27-20-8-6-5-7-18(20)22(26)30/h5-8,11,17H,4,9-10,12,14H2,1-3H3,(H2,26,30)(H,27,29). The number of aromatic nitrogens is 1. The Morgan fingerprint density at radius 1 is 1.35 bits per heavy atom.